The standard InChI is InChI=1S/C48H80O12S/c1-3-5-7-9-11-13-15-17-19-20-21-22-23-25-27-29-31-33-35-37-44(50)59-41(39-58-48-47(53)46(52)45(51)42(60-48)40-61(54,55)56)38-57-43(49)36-34-32-30-28-26-24-18-16-14-12-10-8-6-4-2/h10-13,16-19,21-22,25,27,41-42,45-48,51-53H,3-9,14-15,20,23-24,26,28-40H2,1-2H3,(H,54,55,56)/b12-10+,13-11+,18-16+,19-17+,22-21+,27-25+/t41-,42-,45-,46?,47?,48+/m1/s1. The molecule has 13 heteroatoms. The molecule has 1 fully saturated rings. The van der Waals surface area contributed by atoms with E-state index in [2.05, 4.69) is 86.8 Å². The minimum Gasteiger partial charge on any atom is -0.462 e. The number of unbranched alkanes of at least 4 members (excludes halogenated alkanes) is 13. The van der Waals surface area contributed by atoms with Gasteiger partial charge in [-0.2, -0.15) is 8.42 Å². The van der Waals surface area contributed by atoms with E-state index in [1.165, 1.54) is 32.1 Å². The summed E-state index contributed by atoms with van der Waals surface area (Å²) in [5.41, 5.74) is 0. The van der Waals surface area contributed by atoms with Gasteiger partial charge in [0.15, 0.2) is 12.4 Å². The van der Waals surface area contributed by atoms with Crippen LogP contribution in [0.15, 0.2) is 72.9 Å². The third-order valence-electron chi connectivity index (χ3n) is 10.0. The Labute approximate surface area is 368 Å². The predicted molar refractivity (Wildman–Crippen MR) is 242 cm³/mol. The van der Waals surface area contributed by atoms with Crippen LogP contribution in [0.5, 0.6) is 0 Å². The Hall–Kier alpha value is -2.91. The second kappa shape index (κ2) is 37.6. The summed E-state index contributed by atoms with van der Waals surface area (Å²) in [7, 11) is -4.61. The molecule has 0 saturated carbocycles. The topological polar surface area (TPSA) is 186 Å². The maximum absolute atomic E-state index is 12.8. The number of carbonyl (C=O) groups excluding carboxylic acids is 2. The molecule has 1 aliphatic heterocycles. The lowest BCUT2D eigenvalue weighted by Crippen LogP contribution is -2.60. The molecule has 0 radical (unpaired) electrons. The first kappa shape index (κ1) is 56.1. The summed E-state index contributed by atoms with van der Waals surface area (Å²) < 4.78 is 54.0. The minimum absolute atomic E-state index is 0.120. The number of carbonyl (C=O) groups is 2. The number of hydrogen-bond donors (Lipinski definition) is 4. The van der Waals surface area contributed by atoms with Gasteiger partial charge >= 0.3 is 11.9 Å². The van der Waals surface area contributed by atoms with Crippen LogP contribution >= 0.6 is 0 Å². The van der Waals surface area contributed by atoms with Crippen molar-refractivity contribution < 1.29 is 56.8 Å². The van der Waals surface area contributed by atoms with Crippen molar-refractivity contribution in [2.75, 3.05) is 19.0 Å². The summed E-state index contributed by atoms with van der Waals surface area (Å²) >= 11 is 0. The Kier molecular flexibility index (Phi) is 34.6. The lowest BCUT2D eigenvalue weighted by Gasteiger charge is -2.40. The van der Waals surface area contributed by atoms with Crippen LogP contribution in [-0.2, 0) is 38.7 Å². The first-order chi connectivity index (χ1) is 29.5. The molecule has 12 nitrogen and oxygen atoms in total. The smallest absolute Gasteiger partial charge is 0.306 e. The van der Waals surface area contributed by atoms with Gasteiger partial charge < -0.3 is 34.3 Å². The summed E-state index contributed by atoms with van der Waals surface area (Å²) in [6.07, 6.45) is 38.0. The molecule has 61 heavy (non-hydrogen) atoms. The van der Waals surface area contributed by atoms with Gasteiger partial charge in [0.25, 0.3) is 10.1 Å². The Morgan fingerprint density at radius 2 is 1.00 bits per heavy atom. The number of hydrogen-bond acceptors (Lipinski definition) is 11. The van der Waals surface area contributed by atoms with Crippen molar-refractivity contribution in [3.63, 3.8) is 0 Å². The molecule has 0 aromatic carbocycles. The van der Waals surface area contributed by atoms with Crippen LogP contribution < -0.4 is 0 Å². The SMILES string of the molecule is CCCC/C=C/C/C=C/CCCCCCCC(=O)OC[C@H](CO[C@H]1O[C@H](CS(=O)(=O)O)[C@@H](O)C(O)C1O)OC(=O)CCCCC/C=C/C/C=C/C/C=C/C/C=C/CCCCC. The quantitative estimate of drug-likeness (QED) is 0.0201. The number of ether oxygens (including phenoxy) is 4. The molecule has 4 N–H and O–H groups in total. The Morgan fingerprint density at radius 1 is 0.557 bits per heavy atom. The molecule has 0 aromatic heterocycles. The maximum Gasteiger partial charge on any atom is 0.306 e. The van der Waals surface area contributed by atoms with E-state index in [1.54, 1.807) is 0 Å². The normalized spacial score (nSPS) is 20.7. The summed E-state index contributed by atoms with van der Waals surface area (Å²) in [5, 5.41) is 30.9. The summed E-state index contributed by atoms with van der Waals surface area (Å²) in [5.74, 6) is -2.05. The largest absolute Gasteiger partial charge is 0.462 e. The lowest BCUT2D eigenvalue weighted by atomic mass is 10.00. The number of aliphatic hydroxyl groups excluding tert-OH is 3. The van der Waals surface area contributed by atoms with E-state index in [-0.39, 0.29) is 19.4 Å². The zero-order valence-corrected chi connectivity index (χ0v) is 38.1. The van der Waals surface area contributed by atoms with Gasteiger partial charge in [-0.15, -0.1) is 0 Å². The van der Waals surface area contributed by atoms with Crippen molar-refractivity contribution in [3.8, 4) is 0 Å². The van der Waals surface area contributed by atoms with Gasteiger partial charge in [0.1, 0.15) is 36.8 Å². The zero-order chi connectivity index (χ0) is 44.8. The molecule has 6 atom stereocenters. The number of esters is 2. The highest BCUT2D eigenvalue weighted by molar-refractivity contribution is 7.85. The fraction of sp³-hybridized carbons (Fsp3) is 0.708. The molecule has 1 aliphatic rings. The predicted octanol–water partition coefficient (Wildman–Crippen LogP) is 9.50. The highest BCUT2D eigenvalue weighted by Crippen LogP contribution is 2.24. The highest BCUT2D eigenvalue weighted by atomic mass is 32.2. The van der Waals surface area contributed by atoms with E-state index in [4.69, 9.17) is 18.9 Å². The average Bonchev–Trinajstić information content (AvgIpc) is 3.22. The van der Waals surface area contributed by atoms with Gasteiger partial charge in [-0.3, -0.25) is 14.1 Å². The van der Waals surface area contributed by atoms with Crippen molar-refractivity contribution in [1.29, 1.82) is 0 Å². The van der Waals surface area contributed by atoms with Gasteiger partial charge in [0, 0.05) is 12.8 Å². The number of rotatable bonds is 37. The minimum atomic E-state index is -4.61. The third kappa shape index (κ3) is 32.4. The van der Waals surface area contributed by atoms with Gasteiger partial charge in [-0.25, -0.2) is 0 Å². The van der Waals surface area contributed by atoms with Crippen LogP contribution in [-0.4, -0.2) is 96.0 Å². The Morgan fingerprint density at radius 3 is 1.52 bits per heavy atom. The van der Waals surface area contributed by atoms with E-state index in [0.29, 0.717) is 12.8 Å². The molecule has 2 unspecified atom stereocenters. The van der Waals surface area contributed by atoms with E-state index in [9.17, 15) is 37.9 Å². The van der Waals surface area contributed by atoms with Crippen molar-refractivity contribution >= 4 is 22.1 Å². The van der Waals surface area contributed by atoms with Crippen LogP contribution in [0, 0.1) is 0 Å². The number of allylic oxidation sites excluding steroid dienone is 12. The molecular formula is C48H80O12S. The van der Waals surface area contributed by atoms with Gasteiger partial charge in [-0.1, -0.05) is 138 Å². The van der Waals surface area contributed by atoms with Crippen LogP contribution in [0.4, 0.5) is 0 Å². The third-order valence-corrected chi connectivity index (χ3v) is 10.8. The first-order valence-corrected chi connectivity index (χ1v) is 24.6. The van der Waals surface area contributed by atoms with Crippen LogP contribution in [0.3, 0.4) is 0 Å². The van der Waals surface area contributed by atoms with E-state index >= 15 is 0 Å². The van der Waals surface area contributed by atoms with E-state index in [0.717, 1.165) is 89.9 Å². The van der Waals surface area contributed by atoms with Crippen LogP contribution in [0.2, 0.25) is 0 Å². The number of aliphatic hydroxyl groups is 3. The van der Waals surface area contributed by atoms with Gasteiger partial charge in [0.05, 0.1) is 6.61 Å². The molecule has 350 valence electrons. The lowest BCUT2D eigenvalue weighted by molar-refractivity contribution is -0.297. The summed E-state index contributed by atoms with van der Waals surface area (Å²) in [6, 6.07) is 0. The molecule has 1 rings (SSSR count). The van der Waals surface area contributed by atoms with E-state index in [1.807, 2.05) is 0 Å². The second-order valence-corrected chi connectivity index (χ2v) is 17.2. The van der Waals surface area contributed by atoms with Crippen LogP contribution in [0.1, 0.15) is 162 Å². The van der Waals surface area contributed by atoms with Crippen molar-refractivity contribution in [2.45, 2.75) is 198 Å². The highest BCUT2D eigenvalue weighted by Gasteiger charge is 2.46. The van der Waals surface area contributed by atoms with Crippen molar-refractivity contribution in [3.05, 3.63) is 72.9 Å². The molecule has 1 heterocycles. The average molecular weight is 881 g/mol. The first-order valence-electron chi connectivity index (χ1n) is 23.0. The molecule has 0 amide bonds. The molecule has 1 saturated heterocycles. The molecule has 0 aromatic rings. The maximum atomic E-state index is 12.8. The molecule has 0 aliphatic carbocycles. The summed E-state index contributed by atoms with van der Waals surface area (Å²) in [4.78, 5) is 25.4. The second-order valence-electron chi connectivity index (χ2n) is 15.7. The fourth-order valence-electron chi connectivity index (χ4n) is 6.38. The Bertz CT molecular complexity index is 1400. The fourth-order valence-corrected chi connectivity index (χ4v) is 7.07. The van der Waals surface area contributed by atoms with Gasteiger partial charge in [0.2, 0.25) is 0 Å². The van der Waals surface area contributed by atoms with E-state index < -0.39 is 71.2 Å². The van der Waals surface area contributed by atoms with Crippen LogP contribution in [0.25, 0.3) is 0 Å². The van der Waals surface area contributed by atoms with Crippen molar-refractivity contribution in [2.24, 2.45) is 0 Å². The van der Waals surface area contributed by atoms with Gasteiger partial charge in [-0.05, 0) is 83.5 Å². The van der Waals surface area contributed by atoms with Crippen molar-refractivity contribution in [1.82, 2.24) is 0 Å². The molecule has 0 spiro atoms. The molecule has 0 bridgehead atoms. The molecular weight excluding hydrogens is 801 g/mol. The zero-order valence-electron chi connectivity index (χ0n) is 37.2. The summed E-state index contributed by atoms with van der Waals surface area (Å²) in [6.45, 7) is 3.64. The Balaban J connectivity index is 2.49. The monoisotopic (exact) mass is 881 g/mol.